The molecule has 3 heterocycles. The molecule has 0 bridgehead atoms. The molecule has 7 nitrogen and oxygen atoms in total. The van der Waals surface area contributed by atoms with Gasteiger partial charge in [-0.2, -0.15) is 9.90 Å². The minimum absolute atomic E-state index is 0.0890. The lowest BCUT2D eigenvalue weighted by Crippen LogP contribution is -2.41. The molecule has 1 aromatic carbocycles. The second kappa shape index (κ2) is 5.68. The van der Waals surface area contributed by atoms with E-state index in [4.69, 9.17) is 0 Å². The maximum Gasteiger partial charge on any atom is 0.273 e. The van der Waals surface area contributed by atoms with Gasteiger partial charge >= 0.3 is 0 Å². The zero-order chi connectivity index (χ0) is 15.6. The molecule has 1 amide bonds. The summed E-state index contributed by atoms with van der Waals surface area (Å²) in [6.07, 6.45) is 6.99. The van der Waals surface area contributed by atoms with Crippen LogP contribution < -0.4 is 5.32 Å². The van der Waals surface area contributed by atoms with Crippen molar-refractivity contribution in [3.05, 3.63) is 60.4 Å². The highest BCUT2D eigenvalue weighted by Crippen LogP contribution is 2.13. The highest BCUT2D eigenvalue weighted by Gasteiger charge is 2.22. The van der Waals surface area contributed by atoms with Crippen molar-refractivity contribution >= 4 is 5.91 Å². The molecule has 116 valence electrons. The predicted molar refractivity (Wildman–Crippen MR) is 83.2 cm³/mol. The second-order valence-corrected chi connectivity index (χ2v) is 5.56. The van der Waals surface area contributed by atoms with E-state index in [2.05, 4.69) is 25.1 Å². The number of benzene rings is 1. The number of nitrogens with zero attached hydrogens (tertiary/aromatic N) is 5. The van der Waals surface area contributed by atoms with E-state index in [9.17, 15) is 4.79 Å². The molecule has 1 aliphatic rings. The molecule has 0 saturated carbocycles. The van der Waals surface area contributed by atoms with Gasteiger partial charge in [0.15, 0.2) is 5.69 Å². The number of fused-ring (bicyclic) bond motifs is 1. The highest BCUT2D eigenvalue weighted by molar-refractivity contribution is 5.92. The van der Waals surface area contributed by atoms with Crippen LogP contribution in [0.15, 0.2) is 48.9 Å². The van der Waals surface area contributed by atoms with E-state index in [1.165, 1.54) is 11.0 Å². The van der Waals surface area contributed by atoms with Crippen LogP contribution >= 0.6 is 0 Å². The smallest absolute Gasteiger partial charge is 0.273 e. The summed E-state index contributed by atoms with van der Waals surface area (Å²) in [4.78, 5) is 18.1. The first-order chi connectivity index (χ1) is 11.3. The number of imidazole rings is 1. The van der Waals surface area contributed by atoms with Crippen molar-refractivity contribution in [3.8, 4) is 5.69 Å². The standard InChI is InChI=1S/C16H16N6O/c23-16(19-12-6-7-15-17-8-9-21(15)11-12)14-10-18-22(20-14)13-4-2-1-3-5-13/h1-5,8-10,12H,6-7,11H2,(H,19,23). The van der Waals surface area contributed by atoms with Gasteiger partial charge in [-0.05, 0) is 18.6 Å². The lowest BCUT2D eigenvalue weighted by Gasteiger charge is -2.24. The molecule has 0 aliphatic carbocycles. The van der Waals surface area contributed by atoms with E-state index in [0.717, 1.165) is 30.9 Å². The fraction of sp³-hybridized carbons (Fsp3) is 0.250. The van der Waals surface area contributed by atoms with E-state index in [1.54, 1.807) is 6.20 Å². The molecule has 1 atom stereocenters. The Hall–Kier alpha value is -2.96. The Labute approximate surface area is 133 Å². The van der Waals surface area contributed by atoms with E-state index in [0.29, 0.717) is 5.69 Å². The van der Waals surface area contributed by atoms with E-state index in [-0.39, 0.29) is 11.9 Å². The number of carbonyl (C=O) groups excluding carboxylic acids is 1. The molecule has 0 fully saturated rings. The summed E-state index contributed by atoms with van der Waals surface area (Å²) in [6, 6.07) is 9.61. The number of rotatable bonds is 3. The first kappa shape index (κ1) is 13.7. The Morgan fingerprint density at radius 2 is 2.13 bits per heavy atom. The topological polar surface area (TPSA) is 77.6 Å². The molecule has 4 rings (SSSR count). The lowest BCUT2D eigenvalue weighted by molar-refractivity contribution is 0.0922. The van der Waals surface area contributed by atoms with Crippen LogP contribution in [-0.4, -0.2) is 36.5 Å². The summed E-state index contributed by atoms with van der Waals surface area (Å²) in [7, 11) is 0. The fourth-order valence-corrected chi connectivity index (χ4v) is 2.80. The Morgan fingerprint density at radius 1 is 1.26 bits per heavy atom. The van der Waals surface area contributed by atoms with Crippen LogP contribution in [0, 0.1) is 0 Å². The molecule has 1 N–H and O–H groups in total. The number of aryl methyl sites for hydroxylation is 1. The summed E-state index contributed by atoms with van der Waals surface area (Å²) in [5, 5.41) is 11.4. The molecule has 0 radical (unpaired) electrons. The molecule has 1 unspecified atom stereocenters. The summed E-state index contributed by atoms with van der Waals surface area (Å²) in [5.74, 6) is 0.881. The van der Waals surface area contributed by atoms with Gasteiger partial charge in [0.2, 0.25) is 0 Å². The minimum atomic E-state index is -0.194. The van der Waals surface area contributed by atoms with Gasteiger partial charge in [0.1, 0.15) is 5.82 Å². The molecule has 3 aromatic rings. The summed E-state index contributed by atoms with van der Waals surface area (Å²) in [5.41, 5.74) is 1.15. The normalized spacial score (nSPS) is 16.8. The quantitative estimate of drug-likeness (QED) is 0.789. The van der Waals surface area contributed by atoms with Crippen LogP contribution in [0.25, 0.3) is 5.69 Å². The monoisotopic (exact) mass is 308 g/mol. The molecular weight excluding hydrogens is 292 g/mol. The first-order valence-corrected chi connectivity index (χ1v) is 7.58. The van der Waals surface area contributed by atoms with Crippen molar-refractivity contribution in [2.24, 2.45) is 0 Å². The van der Waals surface area contributed by atoms with Gasteiger partial charge in [0.25, 0.3) is 5.91 Å². The van der Waals surface area contributed by atoms with Crippen LogP contribution in [0.2, 0.25) is 0 Å². The number of amides is 1. The predicted octanol–water partition coefficient (Wildman–Crippen LogP) is 1.21. The Morgan fingerprint density at radius 3 is 3.00 bits per heavy atom. The fourth-order valence-electron chi connectivity index (χ4n) is 2.80. The van der Waals surface area contributed by atoms with Crippen molar-refractivity contribution in [3.63, 3.8) is 0 Å². The van der Waals surface area contributed by atoms with E-state index in [1.807, 2.05) is 36.5 Å². The lowest BCUT2D eigenvalue weighted by atomic mass is 10.1. The maximum absolute atomic E-state index is 12.4. The van der Waals surface area contributed by atoms with Gasteiger partial charge in [0, 0.05) is 31.4 Å². The maximum atomic E-state index is 12.4. The van der Waals surface area contributed by atoms with Crippen LogP contribution in [0.3, 0.4) is 0 Å². The Kier molecular flexibility index (Phi) is 3.38. The number of hydrogen-bond acceptors (Lipinski definition) is 4. The number of nitrogens with one attached hydrogen (secondary N) is 1. The Balaban J connectivity index is 1.45. The van der Waals surface area contributed by atoms with Crippen molar-refractivity contribution in [2.45, 2.75) is 25.4 Å². The zero-order valence-corrected chi connectivity index (χ0v) is 12.5. The Bertz CT molecular complexity index is 822. The van der Waals surface area contributed by atoms with E-state index >= 15 is 0 Å². The number of carbonyl (C=O) groups is 1. The average Bonchev–Trinajstić information content (AvgIpc) is 3.24. The van der Waals surface area contributed by atoms with Crippen molar-refractivity contribution in [2.75, 3.05) is 0 Å². The molecule has 2 aromatic heterocycles. The number of aromatic nitrogens is 5. The minimum Gasteiger partial charge on any atom is -0.346 e. The van der Waals surface area contributed by atoms with E-state index < -0.39 is 0 Å². The molecule has 7 heteroatoms. The molecule has 0 spiro atoms. The van der Waals surface area contributed by atoms with Crippen molar-refractivity contribution in [1.29, 1.82) is 0 Å². The van der Waals surface area contributed by atoms with Gasteiger partial charge in [-0.3, -0.25) is 4.79 Å². The molecule has 23 heavy (non-hydrogen) atoms. The summed E-state index contributed by atoms with van der Waals surface area (Å²) < 4.78 is 2.08. The van der Waals surface area contributed by atoms with Gasteiger partial charge in [-0.25, -0.2) is 4.98 Å². The van der Waals surface area contributed by atoms with Gasteiger partial charge in [-0.1, -0.05) is 18.2 Å². The molecular formula is C16H16N6O. The zero-order valence-electron chi connectivity index (χ0n) is 12.5. The highest BCUT2D eigenvalue weighted by atomic mass is 16.2. The van der Waals surface area contributed by atoms with Crippen LogP contribution in [0.5, 0.6) is 0 Å². The van der Waals surface area contributed by atoms with Crippen molar-refractivity contribution < 1.29 is 4.79 Å². The number of para-hydroxylation sites is 1. The summed E-state index contributed by atoms with van der Waals surface area (Å²) in [6.45, 7) is 0.744. The first-order valence-electron chi connectivity index (χ1n) is 7.58. The van der Waals surface area contributed by atoms with Gasteiger partial charge < -0.3 is 9.88 Å². The third kappa shape index (κ3) is 2.73. The van der Waals surface area contributed by atoms with Crippen LogP contribution in [-0.2, 0) is 13.0 Å². The van der Waals surface area contributed by atoms with Gasteiger partial charge in [0.05, 0.1) is 11.9 Å². The summed E-state index contributed by atoms with van der Waals surface area (Å²) >= 11 is 0. The molecule has 0 saturated heterocycles. The third-order valence-corrected chi connectivity index (χ3v) is 3.98. The SMILES string of the molecule is O=C(NC1CCc2nccn2C1)c1cnn(-c2ccccc2)n1. The van der Waals surface area contributed by atoms with Crippen LogP contribution in [0.1, 0.15) is 22.7 Å². The second-order valence-electron chi connectivity index (χ2n) is 5.56. The van der Waals surface area contributed by atoms with Crippen LogP contribution in [0.4, 0.5) is 0 Å². The largest absolute Gasteiger partial charge is 0.346 e. The third-order valence-electron chi connectivity index (χ3n) is 3.98. The molecule has 1 aliphatic heterocycles. The van der Waals surface area contributed by atoms with Gasteiger partial charge in [-0.15, -0.1) is 5.10 Å². The number of hydrogen-bond donors (Lipinski definition) is 1. The average molecular weight is 308 g/mol. The van der Waals surface area contributed by atoms with Crippen molar-refractivity contribution in [1.82, 2.24) is 29.9 Å².